The van der Waals surface area contributed by atoms with Crippen molar-refractivity contribution in [3.8, 4) is 5.75 Å². The largest absolute Gasteiger partial charge is 0.491 e. The minimum atomic E-state index is 0.710. The first-order valence-corrected chi connectivity index (χ1v) is 6.08. The Morgan fingerprint density at radius 2 is 2.12 bits per heavy atom. The summed E-state index contributed by atoms with van der Waals surface area (Å²) in [7, 11) is 0. The normalized spacial score (nSPS) is 10.6. The maximum absolute atomic E-state index is 6.08. The molecule has 0 atom stereocenters. The molecule has 0 bridgehead atoms. The maximum atomic E-state index is 6.08. The van der Waals surface area contributed by atoms with Crippen molar-refractivity contribution in [3.63, 3.8) is 0 Å². The zero-order valence-corrected chi connectivity index (χ0v) is 10.1. The number of aromatic nitrogens is 1. The second-order valence-corrected chi connectivity index (χ2v) is 4.13. The SMILES string of the molecule is CCCCCOc1ccc2cnccc2c1N. The topological polar surface area (TPSA) is 48.1 Å². The molecule has 3 nitrogen and oxygen atoms in total. The molecule has 90 valence electrons. The van der Waals surface area contributed by atoms with E-state index in [-0.39, 0.29) is 0 Å². The molecule has 0 amide bonds. The van der Waals surface area contributed by atoms with Crippen LogP contribution in [0.4, 0.5) is 5.69 Å². The number of nitrogens with two attached hydrogens (primary N) is 1. The van der Waals surface area contributed by atoms with Crippen LogP contribution in [0.1, 0.15) is 26.2 Å². The Balaban J connectivity index is 2.15. The third kappa shape index (κ3) is 2.67. The quantitative estimate of drug-likeness (QED) is 0.632. The molecule has 0 aliphatic carbocycles. The molecule has 1 aromatic carbocycles. The second-order valence-electron chi connectivity index (χ2n) is 4.13. The molecule has 2 N–H and O–H groups in total. The number of anilines is 1. The third-order valence-electron chi connectivity index (χ3n) is 2.83. The van der Waals surface area contributed by atoms with Crippen LogP contribution >= 0.6 is 0 Å². The third-order valence-corrected chi connectivity index (χ3v) is 2.83. The van der Waals surface area contributed by atoms with E-state index in [1.54, 1.807) is 6.20 Å². The fraction of sp³-hybridized carbons (Fsp3) is 0.357. The van der Waals surface area contributed by atoms with Gasteiger partial charge >= 0.3 is 0 Å². The smallest absolute Gasteiger partial charge is 0.142 e. The number of benzene rings is 1. The molecule has 1 heterocycles. The number of pyridine rings is 1. The molecule has 0 aliphatic heterocycles. The number of unbranched alkanes of at least 4 members (excludes halogenated alkanes) is 2. The molecular formula is C14H18N2O. The number of fused-ring (bicyclic) bond motifs is 1. The first kappa shape index (κ1) is 11.7. The average molecular weight is 230 g/mol. The molecule has 0 fully saturated rings. The monoisotopic (exact) mass is 230 g/mol. The summed E-state index contributed by atoms with van der Waals surface area (Å²) in [5.74, 6) is 0.778. The van der Waals surface area contributed by atoms with Gasteiger partial charge in [-0.05, 0) is 24.6 Å². The molecule has 0 radical (unpaired) electrons. The summed E-state index contributed by atoms with van der Waals surface area (Å²) in [6, 6.07) is 5.84. The van der Waals surface area contributed by atoms with Crippen molar-refractivity contribution < 1.29 is 4.74 Å². The predicted octanol–water partition coefficient (Wildman–Crippen LogP) is 3.39. The van der Waals surface area contributed by atoms with Crippen LogP contribution in [-0.2, 0) is 0 Å². The summed E-state index contributed by atoms with van der Waals surface area (Å²) in [5.41, 5.74) is 6.79. The Morgan fingerprint density at radius 1 is 1.24 bits per heavy atom. The van der Waals surface area contributed by atoms with E-state index in [4.69, 9.17) is 10.5 Å². The van der Waals surface area contributed by atoms with Gasteiger partial charge in [0.15, 0.2) is 0 Å². The first-order valence-electron chi connectivity index (χ1n) is 6.08. The fourth-order valence-electron chi connectivity index (χ4n) is 1.83. The average Bonchev–Trinajstić information content (AvgIpc) is 2.37. The van der Waals surface area contributed by atoms with Crippen LogP contribution in [0.2, 0.25) is 0 Å². The summed E-state index contributed by atoms with van der Waals surface area (Å²) < 4.78 is 5.70. The van der Waals surface area contributed by atoms with Crippen LogP contribution in [0, 0.1) is 0 Å². The summed E-state index contributed by atoms with van der Waals surface area (Å²) in [5, 5.41) is 2.05. The van der Waals surface area contributed by atoms with E-state index in [2.05, 4.69) is 11.9 Å². The van der Waals surface area contributed by atoms with Crippen molar-refractivity contribution in [3.05, 3.63) is 30.6 Å². The van der Waals surface area contributed by atoms with Crippen LogP contribution in [0.15, 0.2) is 30.6 Å². The minimum absolute atomic E-state index is 0.710. The van der Waals surface area contributed by atoms with Gasteiger partial charge in [0.2, 0.25) is 0 Å². The molecule has 0 aliphatic rings. The van der Waals surface area contributed by atoms with Gasteiger partial charge in [-0.1, -0.05) is 19.8 Å². The zero-order valence-electron chi connectivity index (χ0n) is 10.1. The van der Waals surface area contributed by atoms with Gasteiger partial charge < -0.3 is 10.5 Å². The Kier molecular flexibility index (Phi) is 3.81. The Labute approximate surface area is 102 Å². The van der Waals surface area contributed by atoms with E-state index in [1.807, 2.05) is 24.4 Å². The molecule has 0 saturated heterocycles. The lowest BCUT2D eigenvalue weighted by Gasteiger charge is -2.10. The number of hydrogen-bond donors (Lipinski definition) is 1. The molecule has 3 heteroatoms. The molecule has 2 rings (SSSR count). The number of rotatable bonds is 5. The van der Waals surface area contributed by atoms with E-state index in [1.165, 1.54) is 12.8 Å². The van der Waals surface area contributed by atoms with Crippen molar-refractivity contribution in [2.45, 2.75) is 26.2 Å². The van der Waals surface area contributed by atoms with Crippen LogP contribution < -0.4 is 10.5 Å². The first-order chi connectivity index (χ1) is 8.33. The van der Waals surface area contributed by atoms with Gasteiger partial charge in [-0.15, -0.1) is 0 Å². The van der Waals surface area contributed by atoms with Gasteiger partial charge in [0, 0.05) is 23.2 Å². The van der Waals surface area contributed by atoms with E-state index in [0.29, 0.717) is 5.69 Å². The molecular weight excluding hydrogens is 212 g/mol. The van der Waals surface area contributed by atoms with Crippen LogP contribution in [0.5, 0.6) is 5.75 Å². The predicted molar refractivity (Wildman–Crippen MR) is 71.2 cm³/mol. The molecule has 0 saturated carbocycles. The van der Waals surface area contributed by atoms with E-state index >= 15 is 0 Å². The fourth-order valence-corrected chi connectivity index (χ4v) is 1.83. The van der Waals surface area contributed by atoms with Gasteiger partial charge in [0.1, 0.15) is 5.75 Å². The lowest BCUT2D eigenvalue weighted by molar-refractivity contribution is 0.308. The summed E-state index contributed by atoms with van der Waals surface area (Å²) in [6.07, 6.45) is 7.02. The highest BCUT2D eigenvalue weighted by molar-refractivity contribution is 5.95. The molecule has 0 unspecified atom stereocenters. The maximum Gasteiger partial charge on any atom is 0.142 e. The van der Waals surface area contributed by atoms with Crippen molar-refractivity contribution in [1.82, 2.24) is 4.98 Å². The highest BCUT2D eigenvalue weighted by atomic mass is 16.5. The van der Waals surface area contributed by atoms with E-state index in [0.717, 1.165) is 29.5 Å². The van der Waals surface area contributed by atoms with Gasteiger partial charge in [-0.3, -0.25) is 4.98 Å². The lowest BCUT2D eigenvalue weighted by Crippen LogP contribution is -2.00. The molecule has 17 heavy (non-hydrogen) atoms. The molecule has 2 aromatic rings. The Bertz CT molecular complexity index is 497. The van der Waals surface area contributed by atoms with E-state index in [9.17, 15) is 0 Å². The number of nitrogen functional groups attached to an aromatic ring is 1. The van der Waals surface area contributed by atoms with E-state index < -0.39 is 0 Å². The van der Waals surface area contributed by atoms with Crippen LogP contribution in [0.25, 0.3) is 10.8 Å². The Morgan fingerprint density at radius 3 is 2.94 bits per heavy atom. The van der Waals surface area contributed by atoms with Gasteiger partial charge in [0.05, 0.1) is 12.3 Å². The van der Waals surface area contributed by atoms with Crippen molar-refractivity contribution in [2.75, 3.05) is 12.3 Å². The van der Waals surface area contributed by atoms with Crippen molar-refractivity contribution >= 4 is 16.5 Å². The summed E-state index contributed by atoms with van der Waals surface area (Å²) >= 11 is 0. The van der Waals surface area contributed by atoms with Gasteiger partial charge in [-0.25, -0.2) is 0 Å². The second kappa shape index (κ2) is 5.53. The number of nitrogens with zero attached hydrogens (tertiary/aromatic N) is 1. The minimum Gasteiger partial charge on any atom is -0.491 e. The van der Waals surface area contributed by atoms with Crippen molar-refractivity contribution in [2.24, 2.45) is 0 Å². The standard InChI is InChI=1S/C14H18N2O/c1-2-3-4-9-17-13-6-5-11-10-16-8-7-12(11)14(13)15/h5-8,10H,2-4,9,15H2,1H3. The van der Waals surface area contributed by atoms with Gasteiger partial charge in [0.25, 0.3) is 0 Å². The van der Waals surface area contributed by atoms with Gasteiger partial charge in [-0.2, -0.15) is 0 Å². The zero-order chi connectivity index (χ0) is 12.1. The summed E-state index contributed by atoms with van der Waals surface area (Å²) in [4.78, 5) is 4.07. The van der Waals surface area contributed by atoms with Crippen LogP contribution in [-0.4, -0.2) is 11.6 Å². The van der Waals surface area contributed by atoms with Crippen molar-refractivity contribution in [1.29, 1.82) is 0 Å². The summed E-state index contributed by atoms with van der Waals surface area (Å²) in [6.45, 7) is 2.91. The molecule has 1 aromatic heterocycles. The number of ether oxygens (including phenoxy) is 1. The molecule has 0 spiro atoms. The lowest BCUT2D eigenvalue weighted by atomic mass is 10.1. The highest BCUT2D eigenvalue weighted by Crippen LogP contribution is 2.29. The highest BCUT2D eigenvalue weighted by Gasteiger charge is 2.04. The Hall–Kier alpha value is -1.77. The number of hydrogen-bond acceptors (Lipinski definition) is 3. The van der Waals surface area contributed by atoms with Crippen LogP contribution in [0.3, 0.4) is 0 Å².